The zero-order valence-electron chi connectivity index (χ0n) is 26.6. The lowest BCUT2D eigenvalue weighted by Gasteiger charge is -2.40. The number of benzene rings is 2. The van der Waals surface area contributed by atoms with Gasteiger partial charge in [-0.25, -0.2) is 0 Å². The van der Waals surface area contributed by atoms with Gasteiger partial charge in [0.25, 0.3) is 11.8 Å². The Kier molecular flexibility index (Phi) is 8.35. The van der Waals surface area contributed by atoms with Crippen LogP contribution >= 0.6 is 0 Å². The van der Waals surface area contributed by atoms with Crippen molar-refractivity contribution in [2.24, 2.45) is 0 Å². The molecule has 2 aromatic heterocycles. The molecular formula is C35H38N6O6. The van der Waals surface area contributed by atoms with Crippen LogP contribution in [0.15, 0.2) is 53.2 Å². The van der Waals surface area contributed by atoms with Gasteiger partial charge in [-0.1, -0.05) is 29.8 Å². The summed E-state index contributed by atoms with van der Waals surface area (Å²) >= 11 is 0. The Hall–Kier alpha value is -4.84. The highest BCUT2D eigenvalue weighted by atomic mass is 16.5. The number of aryl methyl sites for hydroxylation is 2. The van der Waals surface area contributed by atoms with Gasteiger partial charge in [-0.2, -0.15) is 0 Å². The number of carbonyl (C=O) groups is 4. The largest absolute Gasteiger partial charge is 0.378 e. The third kappa shape index (κ3) is 5.93. The molecule has 3 fully saturated rings. The van der Waals surface area contributed by atoms with E-state index in [0.29, 0.717) is 68.6 Å². The van der Waals surface area contributed by atoms with Crippen molar-refractivity contribution in [1.82, 2.24) is 30.2 Å². The molecule has 0 aliphatic carbocycles. The number of amides is 4. The summed E-state index contributed by atoms with van der Waals surface area (Å²) in [6.45, 7) is 6.07. The smallest absolute Gasteiger partial charge is 0.276 e. The lowest BCUT2D eigenvalue weighted by atomic mass is 10.0. The fraction of sp³-hybridized carbons (Fsp3) is 0.429. The van der Waals surface area contributed by atoms with Crippen LogP contribution in [-0.4, -0.2) is 106 Å². The predicted octanol–water partition coefficient (Wildman–Crippen LogP) is 3.11. The summed E-state index contributed by atoms with van der Waals surface area (Å²) in [6.07, 6.45) is 4.19. The molecule has 4 amide bonds. The monoisotopic (exact) mass is 638 g/mol. The lowest BCUT2D eigenvalue weighted by molar-refractivity contribution is -0.149. The van der Waals surface area contributed by atoms with Gasteiger partial charge in [0.1, 0.15) is 12.1 Å². The zero-order valence-corrected chi connectivity index (χ0v) is 26.6. The van der Waals surface area contributed by atoms with Crippen molar-refractivity contribution in [2.45, 2.75) is 57.7 Å². The number of aromatic nitrogens is 2. The number of fused-ring (bicyclic) bond motifs is 3. The summed E-state index contributed by atoms with van der Waals surface area (Å²) in [4.78, 5) is 65.5. The first-order valence-electron chi connectivity index (χ1n) is 16.3. The van der Waals surface area contributed by atoms with Gasteiger partial charge in [0.05, 0.1) is 25.1 Å². The number of nitrogens with one attached hydrogen (secondary N) is 1. The number of hydrogen-bond acceptors (Lipinski definition) is 8. The molecule has 5 heterocycles. The summed E-state index contributed by atoms with van der Waals surface area (Å²) in [6, 6.07) is 10.8. The van der Waals surface area contributed by atoms with Crippen LogP contribution in [-0.2, 0) is 20.7 Å². The molecule has 12 heteroatoms. The highest BCUT2D eigenvalue weighted by Crippen LogP contribution is 2.31. The maximum Gasteiger partial charge on any atom is 0.276 e. The molecule has 2 aromatic carbocycles. The van der Waals surface area contributed by atoms with Crippen LogP contribution in [0.5, 0.6) is 0 Å². The summed E-state index contributed by atoms with van der Waals surface area (Å²) in [5.74, 6) is -1.28. The zero-order chi connectivity index (χ0) is 32.7. The van der Waals surface area contributed by atoms with E-state index >= 15 is 0 Å². The number of ether oxygens (including phenoxy) is 1. The summed E-state index contributed by atoms with van der Waals surface area (Å²) in [7, 11) is 0. The Morgan fingerprint density at radius 2 is 1.79 bits per heavy atom. The maximum atomic E-state index is 14.5. The van der Waals surface area contributed by atoms with E-state index < -0.39 is 18.0 Å². The summed E-state index contributed by atoms with van der Waals surface area (Å²) in [5, 5.41) is 9.41. The molecule has 244 valence electrons. The standard InChI is InChI=1S/C35H38N6O6/c1-3-25-18-24-17-22(5-6-23(24)19-36-25)32(42)37-28-20-40(35(45)31-27-16-21(2)4-9-30(27)47-38-31)11-10-26-7-8-29(41(26)33(28)43)34(44)39-12-14-46-15-13-39/h4-6,9,16-19,26,28-29H,3,7-8,10-15,20H2,1-2H3,(H,37,42)/t26-,28+,29+/m1/s1. The van der Waals surface area contributed by atoms with E-state index in [1.807, 2.05) is 38.1 Å². The van der Waals surface area contributed by atoms with E-state index in [0.717, 1.165) is 28.5 Å². The highest BCUT2D eigenvalue weighted by Gasteiger charge is 2.47. The van der Waals surface area contributed by atoms with Crippen molar-refractivity contribution in [2.75, 3.05) is 39.4 Å². The van der Waals surface area contributed by atoms with E-state index in [9.17, 15) is 19.2 Å². The second kappa shape index (κ2) is 12.7. The number of morpholine rings is 1. The molecule has 3 aliphatic heterocycles. The molecule has 3 saturated heterocycles. The second-order valence-corrected chi connectivity index (χ2v) is 12.6. The van der Waals surface area contributed by atoms with Gasteiger partial charge in [0.15, 0.2) is 11.3 Å². The molecule has 12 nitrogen and oxygen atoms in total. The molecule has 0 radical (unpaired) electrons. The van der Waals surface area contributed by atoms with Gasteiger partial charge >= 0.3 is 0 Å². The fourth-order valence-electron chi connectivity index (χ4n) is 7.02. The second-order valence-electron chi connectivity index (χ2n) is 12.6. The van der Waals surface area contributed by atoms with Gasteiger partial charge in [-0.15, -0.1) is 0 Å². The minimum atomic E-state index is -1.09. The summed E-state index contributed by atoms with van der Waals surface area (Å²) in [5.41, 5.74) is 2.91. The first kappa shape index (κ1) is 30.8. The number of rotatable bonds is 5. The molecule has 1 N–H and O–H groups in total. The minimum absolute atomic E-state index is 0.0806. The van der Waals surface area contributed by atoms with Crippen molar-refractivity contribution >= 4 is 45.4 Å². The maximum absolute atomic E-state index is 14.5. The Morgan fingerprint density at radius 3 is 2.60 bits per heavy atom. The topological polar surface area (TPSA) is 138 Å². The molecule has 4 aromatic rings. The van der Waals surface area contributed by atoms with Gasteiger partial charge in [-0.3, -0.25) is 24.2 Å². The van der Waals surface area contributed by atoms with Gasteiger partial charge in [0.2, 0.25) is 11.8 Å². The lowest BCUT2D eigenvalue weighted by Crippen LogP contribution is -2.61. The van der Waals surface area contributed by atoms with Crippen LogP contribution in [0.4, 0.5) is 0 Å². The van der Waals surface area contributed by atoms with Crippen LogP contribution in [0.1, 0.15) is 58.3 Å². The third-order valence-corrected chi connectivity index (χ3v) is 9.62. The van der Waals surface area contributed by atoms with E-state index in [1.54, 1.807) is 39.1 Å². The summed E-state index contributed by atoms with van der Waals surface area (Å²) < 4.78 is 10.9. The van der Waals surface area contributed by atoms with Crippen LogP contribution in [0.2, 0.25) is 0 Å². The predicted molar refractivity (Wildman–Crippen MR) is 173 cm³/mol. The first-order valence-corrected chi connectivity index (χ1v) is 16.3. The van der Waals surface area contributed by atoms with Crippen LogP contribution in [0.3, 0.4) is 0 Å². The van der Waals surface area contributed by atoms with E-state index in [-0.39, 0.29) is 36.0 Å². The van der Waals surface area contributed by atoms with Crippen molar-refractivity contribution in [3.63, 3.8) is 0 Å². The SMILES string of the molecule is CCc1cc2cc(C(=O)N[C@H]3CN(C(=O)c4noc5ccc(C)cc45)CC[C@H]4CC[C@@H](C(=O)N5CCOCC5)N4C3=O)ccc2cn1. The molecule has 3 atom stereocenters. The third-order valence-electron chi connectivity index (χ3n) is 9.62. The normalized spacial score (nSPS) is 21.9. The van der Waals surface area contributed by atoms with Gasteiger partial charge < -0.3 is 29.3 Å². The quantitative estimate of drug-likeness (QED) is 0.352. The molecule has 47 heavy (non-hydrogen) atoms. The van der Waals surface area contributed by atoms with Crippen molar-refractivity contribution < 1.29 is 28.4 Å². The van der Waals surface area contributed by atoms with E-state index in [2.05, 4.69) is 15.5 Å². The molecule has 0 bridgehead atoms. The van der Waals surface area contributed by atoms with Crippen molar-refractivity contribution in [3.05, 3.63) is 71.2 Å². The molecule has 3 aliphatic rings. The van der Waals surface area contributed by atoms with Gasteiger partial charge in [0, 0.05) is 48.5 Å². The van der Waals surface area contributed by atoms with E-state index in [4.69, 9.17) is 9.26 Å². The molecule has 0 unspecified atom stereocenters. The van der Waals surface area contributed by atoms with E-state index in [1.165, 1.54) is 0 Å². The Labute approximate surface area is 272 Å². The van der Waals surface area contributed by atoms with Crippen molar-refractivity contribution in [3.8, 4) is 0 Å². The Bertz CT molecular complexity index is 1870. The Morgan fingerprint density at radius 1 is 0.957 bits per heavy atom. The fourth-order valence-corrected chi connectivity index (χ4v) is 7.02. The molecule has 7 rings (SSSR count). The molecule has 0 saturated carbocycles. The number of nitrogens with zero attached hydrogens (tertiary/aromatic N) is 5. The molecular weight excluding hydrogens is 600 g/mol. The Balaban J connectivity index is 1.20. The average Bonchev–Trinajstić information content (AvgIpc) is 3.71. The number of carbonyl (C=O) groups excluding carboxylic acids is 4. The highest BCUT2D eigenvalue weighted by molar-refractivity contribution is 6.05. The average molecular weight is 639 g/mol. The van der Waals surface area contributed by atoms with Gasteiger partial charge in [-0.05, 0) is 68.3 Å². The van der Waals surface area contributed by atoms with Crippen LogP contribution < -0.4 is 5.32 Å². The van der Waals surface area contributed by atoms with Crippen molar-refractivity contribution in [1.29, 1.82) is 0 Å². The molecule has 0 spiro atoms. The number of hydrogen-bond donors (Lipinski definition) is 1. The van der Waals surface area contributed by atoms with Crippen LogP contribution in [0, 0.1) is 6.92 Å². The van der Waals surface area contributed by atoms with Crippen LogP contribution in [0.25, 0.3) is 21.7 Å². The number of pyridine rings is 1. The first-order chi connectivity index (χ1) is 22.8. The minimum Gasteiger partial charge on any atom is -0.378 e.